The van der Waals surface area contributed by atoms with Crippen molar-refractivity contribution in [1.29, 1.82) is 0 Å². The van der Waals surface area contributed by atoms with E-state index >= 15 is 0 Å². The van der Waals surface area contributed by atoms with Gasteiger partial charge >= 0.3 is 5.97 Å². The fraction of sp³-hybridized carbons (Fsp3) is 0.433. The zero-order valence-corrected chi connectivity index (χ0v) is 21.8. The predicted octanol–water partition coefficient (Wildman–Crippen LogP) is 4.15. The molecule has 1 spiro atoms. The molecule has 1 aromatic heterocycles. The van der Waals surface area contributed by atoms with Gasteiger partial charge in [0, 0.05) is 17.0 Å². The van der Waals surface area contributed by atoms with Gasteiger partial charge in [-0.15, -0.1) is 5.92 Å². The number of rotatable bonds is 6. The Bertz CT molecular complexity index is 1410. The topological polar surface area (TPSA) is 93.5 Å². The second-order valence-electron chi connectivity index (χ2n) is 11.1. The smallest absolute Gasteiger partial charge is 0.308 e. The minimum Gasteiger partial charge on any atom is -0.469 e. The van der Waals surface area contributed by atoms with Crippen molar-refractivity contribution in [2.75, 3.05) is 7.11 Å². The summed E-state index contributed by atoms with van der Waals surface area (Å²) in [7, 11) is 1.44. The lowest BCUT2D eigenvalue weighted by Crippen LogP contribution is -2.57. The standard InChI is InChI=1S/C30H33N3O4/c1-5-6-20-9-12-24(27(34)32-23-15-30(16-23)13-21(14-30)28(35)37-4)26-25(20)17-31-33(26)18-19-7-10-22(11-8-19)29(2,3)36/h7-12,17,21,23,36H,13-16,18H2,1-4H3,(H,32,34). The van der Waals surface area contributed by atoms with Crippen LogP contribution in [0.4, 0.5) is 0 Å². The van der Waals surface area contributed by atoms with Gasteiger partial charge in [0.25, 0.3) is 5.91 Å². The van der Waals surface area contributed by atoms with Crippen LogP contribution in [-0.4, -0.2) is 39.9 Å². The highest BCUT2D eigenvalue weighted by atomic mass is 16.5. The Labute approximate surface area is 217 Å². The number of carbonyl (C=O) groups excluding carboxylic acids is 2. The van der Waals surface area contributed by atoms with E-state index in [1.54, 1.807) is 27.0 Å². The van der Waals surface area contributed by atoms with Crippen LogP contribution in [0, 0.1) is 23.2 Å². The Morgan fingerprint density at radius 2 is 1.86 bits per heavy atom. The number of benzene rings is 2. The van der Waals surface area contributed by atoms with Gasteiger partial charge in [-0.25, -0.2) is 0 Å². The van der Waals surface area contributed by atoms with Gasteiger partial charge in [0.2, 0.25) is 0 Å². The first-order valence-electron chi connectivity index (χ1n) is 12.7. The number of hydrogen-bond donors (Lipinski definition) is 2. The molecule has 2 aliphatic rings. The zero-order chi connectivity index (χ0) is 26.4. The van der Waals surface area contributed by atoms with Crippen LogP contribution < -0.4 is 5.32 Å². The van der Waals surface area contributed by atoms with Gasteiger partial charge in [-0.2, -0.15) is 5.10 Å². The summed E-state index contributed by atoms with van der Waals surface area (Å²) in [5.74, 6) is 5.83. The van der Waals surface area contributed by atoms with E-state index in [0.29, 0.717) is 12.1 Å². The SMILES string of the molecule is CC#Cc1ccc(C(=O)NC2CC3(C2)CC(C(=O)OC)C3)c2c1cnn2Cc1ccc(C(C)(C)O)cc1. The van der Waals surface area contributed by atoms with E-state index in [-0.39, 0.29) is 29.3 Å². The number of hydrogen-bond acceptors (Lipinski definition) is 5. The van der Waals surface area contributed by atoms with E-state index in [1.807, 2.05) is 41.1 Å². The Balaban J connectivity index is 1.36. The van der Waals surface area contributed by atoms with Crippen LogP contribution >= 0.6 is 0 Å². The van der Waals surface area contributed by atoms with Crippen LogP contribution in [0.15, 0.2) is 42.6 Å². The van der Waals surface area contributed by atoms with Crippen molar-refractivity contribution in [3.05, 3.63) is 64.8 Å². The van der Waals surface area contributed by atoms with Gasteiger partial charge in [-0.05, 0) is 75.1 Å². The molecule has 2 aliphatic carbocycles. The number of methoxy groups -OCH3 is 1. The van der Waals surface area contributed by atoms with E-state index in [9.17, 15) is 14.7 Å². The lowest BCUT2D eigenvalue weighted by atomic mass is 9.50. The molecule has 2 aromatic carbocycles. The molecule has 7 nitrogen and oxygen atoms in total. The molecule has 2 fully saturated rings. The van der Waals surface area contributed by atoms with Gasteiger partial charge in [0.1, 0.15) is 0 Å². The summed E-state index contributed by atoms with van der Waals surface area (Å²) >= 11 is 0. The molecule has 37 heavy (non-hydrogen) atoms. The molecule has 0 radical (unpaired) electrons. The Kier molecular flexibility index (Phi) is 6.33. The van der Waals surface area contributed by atoms with Crippen LogP contribution in [0.2, 0.25) is 0 Å². The molecular formula is C30H33N3O4. The molecule has 0 unspecified atom stereocenters. The van der Waals surface area contributed by atoms with Crippen LogP contribution in [0.25, 0.3) is 10.9 Å². The Morgan fingerprint density at radius 3 is 2.49 bits per heavy atom. The van der Waals surface area contributed by atoms with Crippen LogP contribution in [0.5, 0.6) is 0 Å². The molecule has 5 rings (SSSR count). The lowest BCUT2D eigenvalue weighted by Gasteiger charge is -2.56. The first-order valence-corrected chi connectivity index (χ1v) is 12.7. The van der Waals surface area contributed by atoms with Gasteiger partial charge in [-0.1, -0.05) is 30.2 Å². The number of amides is 1. The van der Waals surface area contributed by atoms with Gasteiger partial charge in [-0.3, -0.25) is 14.3 Å². The molecule has 1 heterocycles. The number of carbonyl (C=O) groups is 2. The van der Waals surface area contributed by atoms with Gasteiger partial charge in [0.05, 0.1) is 42.5 Å². The molecule has 2 saturated carbocycles. The minimum atomic E-state index is -0.907. The lowest BCUT2D eigenvalue weighted by molar-refractivity contribution is -0.159. The van der Waals surface area contributed by atoms with Crippen LogP contribution in [0.1, 0.15) is 73.5 Å². The molecule has 0 saturated heterocycles. The number of nitrogens with zero attached hydrogens (tertiary/aromatic N) is 2. The second-order valence-corrected chi connectivity index (χ2v) is 11.1. The maximum absolute atomic E-state index is 13.4. The number of esters is 1. The molecule has 0 bridgehead atoms. The van der Waals surface area contributed by atoms with Crippen molar-refractivity contribution in [2.45, 2.75) is 64.6 Å². The fourth-order valence-corrected chi connectivity index (χ4v) is 5.94. The maximum Gasteiger partial charge on any atom is 0.308 e. The summed E-state index contributed by atoms with van der Waals surface area (Å²) in [4.78, 5) is 25.2. The highest BCUT2D eigenvalue weighted by Crippen LogP contribution is 2.59. The molecule has 3 aromatic rings. The summed E-state index contributed by atoms with van der Waals surface area (Å²) in [5, 5.41) is 18.9. The average molecular weight is 500 g/mol. The van der Waals surface area contributed by atoms with E-state index in [2.05, 4.69) is 22.3 Å². The van der Waals surface area contributed by atoms with Gasteiger partial charge < -0.3 is 15.2 Å². The summed E-state index contributed by atoms with van der Waals surface area (Å²) in [5.41, 5.74) is 3.28. The van der Waals surface area contributed by atoms with Crippen molar-refractivity contribution < 1.29 is 19.4 Å². The summed E-state index contributed by atoms with van der Waals surface area (Å²) in [6.07, 6.45) is 5.25. The summed E-state index contributed by atoms with van der Waals surface area (Å²) in [6.45, 7) is 5.80. The number of fused-ring (bicyclic) bond motifs is 1. The number of aromatic nitrogens is 2. The fourth-order valence-electron chi connectivity index (χ4n) is 5.94. The quantitative estimate of drug-likeness (QED) is 0.393. The molecule has 2 N–H and O–H groups in total. The van der Waals surface area contributed by atoms with E-state index in [1.165, 1.54) is 7.11 Å². The third-order valence-corrected chi connectivity index (χ3v) is 7.89. The third kappa shape index (κ3) is 4.74. The van der Waals surface area contributed by atoms with Crippen LogP contribution in [-0.2, 0) is 21.7 Å². The normalized spacial score (nSPS) is 22.5. The van der Waals surface area contributed by atoms with Crippen molar-refractivity contribution in [2.24, 2.45) is 11.3 Å². The van der Waals surface area contributed by atoms with Crippen molar-refractivity contribution in [3.8, 4) is 11.8 Å². The van der Waals surface area contributed by atoms with E-state index in [4.69, 9.17) is 4.74 Å². The first-order chi connectivity index (χ1) is 17.6. The average Bonchev–Trinajstić information content (AvgIpc) is 3.23. The van der Waals surface area contributed by atoms with Crippen molar-refractivity contribution in [1.82, 2.24) is 15.1 Å². The molecule has 7 heteroatoms. The third-order valence-electron chi connectivity index (χ3n) is 7.89. The second kappa shape index (κ2) is 9.35. The van der Waals surface area contributed by atoms with Crippen LogP contribution in [0.3, 0.4) is 0 Å². The number of nitrogens with one attached hydrogen (secondary N) is 1. The van der Waals surface area contributed by atoms with Crippen molar-refractivity contribution >= 4 is 22.8 Å². The first kappa shape index (κ1) is 25.0. The Morgan fingerprint density at radius 1 is 1.16 bits per heavy atom. The van der Waals surface area contributed by atoms with Gasteiger partial charge in [0.15, 0.2) is 0 Å². The molecule has 0 aliphatic heterocycles. The van der Waals surface area contributed by atoms with E-state index in [0.717, 1.165) is 53.3 Å². The number of ether oxygens (including phenoxy) is 1. The largest absolute Gasteiger partial charge is 0.469 e. The minimum absolute atomic E-state index is 0.000336. The maximum atomic E-state index is 13.4. The Hall–Kier alpha value is -3.63. The summed E-state index contributed by atoms with van der Waals surface area (Å²) < 4.78 is 6.71. The van der Waals surface area contributed by atoms with E-state index < -0.39 is 5.60 Å². The number of aliphatic hydroxyl groups is 1. The molecule has 0 atom stereocenters. The molecule has 1 amide bonds. The molecular weight excluding hydrogens is 466 g/mol. The summed E-state index contributed by atoms with van der Waals surface area (Å²) in [6, 6.07) is 11.6. The predicted molar refractivity (Wildman–Crippen MR) is 141 cm³/mol. The highest BCUT2D eigenvalue weighted by Gasteiger charge is 2.55. The highest BCUT2D eigenvalue weighted by molar-refractivity contribution is 6.07. The zero-order valence-electron chi connectivity index (χ0n) is 21.8. The monoisotopic (exact) mass is 499 g/mol. The molecule has 192 valence electrons. The van der Waals surface area contributed by atoms with Crippen molar-refractivity contribution in [3.63, 3.8) is 0 Å².